The van der Waals surface area contributed by atoms with E-state index in [-0.39, 0.29) is 70.5 Å². The lowest BCUT2D eigenvalue weighted by Gasteiger charge is -2.32. The third-order valence-electron chi connectivity index (χ3n) is 14.0. The second kappa shape index (κ2) is 21.5. The van der Waals surface area contributed by atoms with Crippen molar-refractivity contribution < 1.29 is 46.7 Å². The maximum absolute atomic E-state index is 15.6. The number of fused-ring (bicyclic) bond motifs is 2. The molecule has 370 valence electrons. The molecule has 0 bridgehead atoms. The number of carbonyl (C=O) groups is 6. The third-order valence-corrected chi connectivity index (χ3v) is 14.0. The zero-order valence-electron chi connectivity index (χ0n) is 39.2. The predicted molar refractivity (Wildman–Crippen MR) is 252 cm³/mol. The number of hydrogen-bond acceptors (Lipinski definition) is 13. The van der Waals surface area contributed by atoms with Gasteiger partial charge in [0, 0.05) is 56.9 Å². The Morgan fingerprint density at radius 1 is 0.899 bits per heavy atom. The summed E-state index contributed by atoms with van der Waals surface area (Å²) in [5.74, 6) is -8.06. The molecule has 0 radical (unpaired) electrons. The van der Waals surface area contributed by atoms with Crippen molar-refractivity contribution in [3.63, 3.8) is 0 Å². The Morgan fingerprint density at radius 3 is 2.32 bits per heavy atom. The van der Waals surface area contributed by atoms with Crippen LogP contribution in [0.15, 0.2) is 36.5 Å². The number of ether oxygens (including phenoxy) is 1. The summed E-state index contributed by atoms with van der Waals surface area (Å²) in [6, 6.07) is 6.18. The van der Waals surface area contributed by atoms with Crippen LogP contribution in [0.3, 0.4) is 0 Å². The number of halogens is 3. The molecule has 1 aromatic heterocycles. The number of piperidine rings is 2. The number of nitrogens with one attached hydrogen (secondary N) is 4. The number of methoxy groups -OCH3 is 1. The molecule has 4 N–H and O–H groups in total. The van der Waals surface area contributed by atoms with Crippen molar-refractivity contribution in [3.8, 4) is 5.75 Å². The summed E-state index contributed by atoms with van der Waals surface area (Å²) in [6.45, 7) is 2.45. The average molecular weight is 959 g/mol. The van der Waals surface area contributed by atoms with Gasteiger partial charge in [-0.2, -0.15) is 13.8 Å². The molecule has 5 heterocycles. The van der Waals surface area contributed by atoms with Gasteiger partial charge in [0.15, 0.2) is 5.82 Å². The minimum absolute atomic E-state index is 0.0126. The highest BCUT2D eigenvalue weighted by Gasteiger charge is 2.49. The largest absolute Gasteiger partial charge is 0.495 e. The van der Waals surface area contributed by atoms with Crippen molar-refractivity contribution in [2.45, 2.75) is 127 Å². The van der Waals surface area contributed by atoms with Gasteiger partial charge < -0.3 is 35.4 Å². The van der Waals surface area contributed by atoms with E-state index in [1.807, 2.05) is 0 Å². The second-order valence-corrected chi connectivity index (χ2v) is 18.7. The first-order valence-corrected chi connectivity index (χ1v) is 24.3. The third kappa shape index (κ3) is 10.9. The molecule has 3 aromatic rings. The molecule has 17 nitrogen and oxygen atoms in total. The van der Waals surface area contributed by atoms with Gasteiger partial charge in [0.05, 0.1) is 42.2 Å². The van der Waals surface area contributed by atoms with Gasteiger partial charge in [-0.05, 0) is 69.7 Å². The standard InChI is InChI=1S/C49H61F3N10O7/c1-59-38-28-54-48(58-42(38)61(31-14-9-10-15-31)29-49(51,52)47(59)68)56-36-27-34(50)33(26-39(36)69-2)43(64)55-30-20-24-60(25-21-30)23-12-8-6-4-3-5-7-11-22-53-35-17-13-16-32-41(35)46(67)62(45(32)66)37-18-19-40(63)57-44(37)65/h13,16-17,26-28,30-31,37,53H,3-12,14-15,18-25,29H2,1-2H3,(H,55,64)(H,54,56,58)(H,57,63,65). The Kier molecular flexibility index (Phi) is 15.3. The van der Waals surface area contributed by atoms with E-state index in [1.165, 1.54) is 31.3 Å². The number of alkyl halides is 2. The number of rotatable bonds is 19. The van der Waals surface area contributed by atoms with Gasteiger partial charge in [0.2, 0.25) is 17.8 Å². The molecular formula is C49H61F3N10O7. The highest BCUT2D eigenvalue weighted by atomic mass is 19.3. The molecule has 20 heteroatoms. The Balaban J connectivity index is 0.719. The number of nitrogens with zero attached hydrogens (tertiary/aromatic N) is 6. The zero-order valence-corrected chi connectivity index (χ0v) is 39.2. The number of carbonyl (C=O) groups excluding carboxylic acids is 6. The summed E-state index contributed by atoms with van der Waals surface area (Å²) in [6.07, 6.45) is 14.7. The van der Waals surface area contributed by atoms with Crippen molar-refractivity contribution >= 4 is 64.3 Å². The Bertz CT molecular complexity index is 2440. The molecule has 1 atom stereocenters. The highest BCUT2D eigenvalue weighted by molar-refractivity contribution is 6.25. The molecular weight excluding hydrogens is 898 g/mol. The van der Waals surface area contributed by atoms with Gasteiger partial charge in [-0.15, -0.1) is 0 Å². The van der Waals surface area contributed by atoms with Gasteiger partial charge in [0.1, 0.15) is 23.3 Å². The van der Waals surface area contributed by atoms with Crippen molar-refractivity contribution in [3.05, 3.63) is 59.0 Å². The fourth-order valence-electron chi connectivity index (χ4n) is 10.2. The fourth-order valence-corrected chi connectivity index (χ4v) is 10.2. The lowest BCUT2D eigenvalue weighted by Crippen LogP contribution is -2.54. The van der Waals surface area contributed by atoms with Crippen molar-refractivity contribution in [1.82, 2.24) is 30.4 Å². The molecule has 6 amide bonds. The number of imide groups is 2. The van der Waals surface area contributed by atoms with Crippen LogP contribution in [-0.2, 0) is 14.4 Å². The fraction of sp³-hybridized carbons (Fsp3) is 0.551. The summed E-state index contributed by atoms with van der Waals surface area (Å²) in [4.78, 5) is 91.0. The van der Waals surface area contributed by atoms with Crippen LogP contribution in [0.5, 0.6) is 5.75 Å². The lowest BCUT2D eigenvalue weighted by molar-refractivity contribution is -0.140. The summed E-state index contributed by atoms with van der Waals surface area (Å²) in [5, 5.41) is 11.5. The van der Waals surface area contributed by atoms with Gasteiger partial charge >= 0.3 is 5.92 Å². The van der Waals surface area contributed by atoms with E-state index in [0.717, 1.165) is 113 Å². The maximum Gasteiger partial charge on any atom is 0.342 e. The topological polar surface area (TPSA) is 199 Å². The number of benzene rings is 2. The number of likely N-dealkylation sites (tertiary alicyclic amines) is 1. The minimum atomic E-state index is -3.63. The van der Waals surface area contributed by atoms with Crippen LogP contribution in [-0.4, -0.2) is 126 Å². The van der Waals surface area contributed by atoms with Gasteiger partial charge in [0.25, 0.3) is 23.6 Å². The monoisotopic (exact) mass is 958 g/mol. The minimum Gasteiger partial charge on any atom is -0.495 e. The number of amides is 6. The summed E-state index contributed by atoms with van der Waals surface area (Å²) >= 11 is 0. The van der Waals surface area contributed by atoms with E-state index in [9.17, 15) is 28.8 Å². The van der Waals surface area contributed by atoms with E-state index in [4.69, 9.17) is 4.74 Å². The van der Waals surface area contributed by atoms with Crippen molar-refractivity contribution in [1.29, 1.82) is 0 Å². The molecule has 1 aliphatic carbocycles. The summed E-state index contributed by atoms with van der Waals surface area (Å²) in [7, 11) is 2.66. The maximum atomic E-state index is 15.6. The zero-order chi connectivity index (χ0) is 48.8. The molecule has 69 heavy (non-hydrogen) atoms. The van der Waals surface area contributed by atoms with Gasteiger partial charge in [-0.25, -0.2) is 9.37 Å². The van der Waals surface area contributed by atoms with Crippen molar-refractivity contribution in [2.24, 2.45) is 0 Å². The van der Waals surface area contributed by atoms with Crippen LogP contribution < -0.4 is 35.8 Å². The number of unbranched alkanes of at least 4 members (excludes halogenated alkanes) is 7. The van der Waals surface area contributed by atoms with Crippen LogP contribution in [0.2, 0.25) is 0 Å². The van der Waals surface area contributed by atoms with Crippen LogP contribution in [0.4, 0.5) is 42.0 Å². The number of aromatic nitrogens is 2. The van der Waals surface area contributed by atoms with Gasteiger partial charge in [-0.3, -0.25) is 39.0 Å². The Labute approximate surface area is 399 Å². The van der Waals surface area contributed by atoms with Crippen molar-refractivity contribution in [2.75, 3.05) is 67.3 Å². The Morgan fingerprint density at radius 2 is 1.61 bits per heavy atom. The van der Waals surface area contributed by atoms with E-state index in [1.54, 1.807) is 18.2 Å². The SMILES string of the molecule is COc1cc(C(=O)NC2CCN(CCCCCCCCCCNc3cccc4c3C(=O)N(C3CCC(=O)NC3=O)C4=O)CC2)c(F)cc1Nc1ncc2c(n1)N(C1CCCC1)CC(F)(F)C(=O)N2C. The number of anilines is 5. The molecule has 0 spiro atoms. The first-order chi connectivity index (χ1) is 33.2. The van der Waals surface area contributed by atoms with Gasteiger partial charge in [-0.1, -0.05) is 57.4 Å². The molecule has 3 fully saturated rings. The molecule has 1 unspecified atom stereocenters. The summed E-state index contributed by atoms with van der Waals surface area (Å²) < 4.78 is 51.3. The molecule has 4 aliphatic heterocycles. The predicted octanol–water partition coefficient (Wildman–Crippen LogP) is 6.56. The average Bonchev–Trinajstić information content (AvgIpc) is 3.95. The molecule has 1 saturated carbocycles. The normalized spacial score (nSPS) is 19.9. The molecule has 2 saturated heterocycles. The van der Waals surface area contributed by atoms with Crippen LogP contribution >= 0.6 is 0 Å². The van der Waals surface area contributed by atoms with Crippen LogP contribution in [0, 0.1) is 5.82 Å². The Hall–Kier alpha value is -6.31. The second-order valence-electron chi connectivity index (χ2n) is 18.7. The van der Waals surface area contributed by atoms with Crippen LogP contribution in [0.1, 0.15) is 134 Å². The first-order valence-electron chi connectivity index (χ1n) is 24.3. The van der Waals surface area contributed by atoms with E-state index >= 15 is 13.2 Å². The van der Waals surface area contributed by atoms with E-state index in [0.29, 0.717) is 25.1 Å². The van der Waals surface area contributed by atoms with E-state index < -0.39 is 59.8 Å². The molecule has 5 aliphatic rings. The molecule has 8 rings (SSSR count). The lowest BCUT2D eigenvalue weighted by atomic mass is 10.0. The van der Waals surface area contributed by atoms with Crippen LogP contribution in [0.25, 0.3) is 0 Å². The van der Waals surface area contributed by atoms with E-state index in [2.05, 4.69) is 36.1 Å². The summed E-state index contributed by atoms with van der Waals surface area (Å²) in [5.41, 5.74) is 1.21. The first kappa shape index (κ1) is 49.1. The number of hydrogen-bond donors (Lipinski definition) is 4. The molecule has 2 aromatic carbocycles. The quantitative estimate of drug-likeness (QED) is 0.0746. The smallest absolute Gasteiger partial charge is 0.342 e. The highest BCUT2D eigenvalue weighted by Crippen LogP contribution is 2.40.